The summed E-state index contributed by atoms with van der Waals surface area (Å²) in [7, 11) is 0. The number of hydrogen-bond acceptors (Lipinski definition) is 1. The van der Waals surface area contributed by atoms with Crippen molar-refractivity contribution in [3.8, 4) is 27.9 Å². The van der Waals surface area contributed by atoms with Crippen LogP contribution in [0.3, 0.4) is 0 Å². The lowest BCUT2D eigenvalue weighted by molar-refractivity contribution is 0.989. The molecule has 0 saturated carbocycles. The van der Waals surface area contributed by atoms with E-state index < -0.39 is 0 Å². The third-order valence-electron chi connectivity index (χ3n) is 10.6. The summed E-state index contributed by atoms with van der Waals surface area (Å²) in [6.45, 7) is 4.00. The molecule has 0 atom stereocenters. The predicted octanol–water partition coefficient (Wildman–Crippen LogP) is 14.7. The Morgan fingerprint density at radius 1 is 0.463 bits per heavy atom. The Labute approximate surface area is 317 Å². The minimum Gasteiger partial charge on any atom is -0.310 e. The highest BCUT2D eigenvalue weighted by molar-refractivity contribution is 6.15. The number of rotatable bonds is 6. The van der Waals surface area contributed by atoms with Crippen molar-refractivity contribution in [2.24, 2.45) is 0 Å². The zero-order valence-corrected chi connectivity index (χ0v) is 30.8. The molecule has 2 heteroatoms. The summed E-state index contributed by atoms with van der Waals surface area (Å²) in [5.74, 6) is 0. The number of anilines is 3. The minimum absolute atomic E-state index is 1.08. The molecule has 1 aromatic heterocycles. The molecule has 0 bridgehead atoms. The Bertz CT molecular complexity index is 2750. The van der Waals surface area contributed by atoms with Crippen molar-refractivity contribution in [1.29, 1.82) is 0 Å². The lowest BCUT2D eigenvalue weighted by Crippen LogP contribution is -2.10. The lowest BCUT2D eigenvalue weighted by Gasteiger charge is -2.26. The van der Waals surface area contributed by atoms with Crippen LogP contribution in [0.5, 0.6) is 0 Å². The summed E-state index contributed by atoms with van der Waals surface area (Å²) in [6, 6.07) is 66.2. The summed E-state index contributed by atoms with van der Waals surface area (Å²) >= 11 is 0. The second kappa shape index (κ2) is 14.4. The summed E-state index contributed by atoms with van der Waals surface area (Å²) in [5, 5.41) is 5.09. The van der Waals surface area contributed by atoms with Gasteiger partial charge in [-0.05, 0) is 100 Å². The minimum atomic E-state index is 1.08. The van der Waals surface area contributed by atoms with Crippen LogP contribution >= 0.6 is 0 Å². The Balaban J connectivity index is 0.00000189. The van der Waals surface area contributed by atoms with E-state index in [1.807, 2.05) is 13.8 Å². The van der Waals surface area contributed by atoms with Crippen LogP contribution in [-0.4, -0.2) is 4.57 Å². The molecule has 10 rings (SSSR count). The molecule has 54 heavy (non-hydrogen) atoms. The number of hydrogen-bond donors (Lipinski definition) is 0. The molecular weight excluding hydrogens is 653 g/mol. The van der Waals surface area contributed by atoms with Crippen LogP contribution < -0.4 is 4.90 Å². The van der Waals surface area contributed by atoms with Gasteiger partial charge in [0.1, 0.15) is 0 Å². The quantitative estimate of drug-likeness (QED) is 0.168. The second-order valence-corrected chi connectivity index (χ2v) is 13.7. The summed E-state index contributed by atoms with van der Waals surface area (Å²) in [6.07, 6.45) is 6.84. The van der Waals surface area contributed by atoms with E-state index in [4.69, 9.17) is 0 Å². The molecule has 1 aliphatic rings. The van der Waals surface area contributed by atoms with Crippen molar-refractivity contribution < 1.29 is 0 Å². The predicted molar refractivity (Wildman–Crippen MR) is 233 cm³/mol. The maximum atomic E-state index is 2.49. The zero-order valence-electron chi connectivity index (χ0n) is 30.8. The molecule has 260 valence electrons. The van der Waals surface area contributed by atoms with Gasteiger partial charge in [0.05, 0.1) is 16.7 Å². The molecule has 8 aromatic carbocycles. The van der Waals surface area contributed by atoms with E-state index in [-0.39, 0.29) is 0 Å². The third-order valence-corrected chi connectivity index (χ3v) is 10.6. The molecule has 0 fully saturated rings. The van der Waals surface area contributed by atoms with Gasteiger partial charge in [0, 0.05) is 33.2 Å². The summed E-state index contributed by atoms with van der Waals surface area (Å²) in [5.41, 5.74) is 14.6. The van der Waals surface area contributed by atoms with E-state index in [2.05, 4.69) is 204 Å². The van der Waals surface area contributed by atoms with Gasteiger partial charge in [-0.25, -0.2) is 0 Å². The van der Waals surface area contributed by atoms with Crippen LogP contribution in [0, 0.1) is 0 Å². The SMILES string of the molecule is C1=Cc2c(ccc3c2c2ccc(N(c4ccccc4)c4ccc(-c5ccc(-c6ccccc6)cc5)cc4)cc2n3-c2cccc3ccccc23)CC1.CC. The Kier molecular flexibility index (Phi) is 8.86. The molecule has 0 spiro atoms. The number of allylic oxidation sites excluding steroid dienone is 1. The van der Waals surface area contributed by atoms with Crippen LogP contribution in [0.1, 0.15) is 31.4 Å². The van der Waals surface area contributed by atoms with Crippen molar-refractivity contribution in [1.82, 2.24) is 4.57 Å². The third kappa shape index (κ3) is 5.87. The molecule has 0 amide bonds. The Morgan fingerprint density at radius 3 is 1.80 bits per heavy atom. The highest BCUT2D eigenvalue weighted by Crippen LogP contribution is 2.43. The van der Waals surface area contributed by atoms with Crippen molar-refractivity contribution in [2.45, 2.75) is 26.7 Å². The summed E-state index contributed by atoms with van der Waals surface area (Å²) in [4.78, 5) is 2.38. The van der Waals surface area contributed by atoms with Gasteiger partial charge in [-0.3, -0.25) is 0 Å². The van der Waals surface area contributed by atoms with Crippen molar-refractivity contribution in [3.63, 3.8) is 0 Å². The van der Waals surface area contributed by atoms with Gasteiger partial charge in [-0.1, -0.05) is 159 Å². The van der Waals surface area contributed by atoms with E-state index in [0.29, 0.717) is 0 Å². The first kappa shape index (κ1) is 33.2. The zero-order chi connectivity index (χ0) is 36.4. The fourth-order valence-corrected chi connectivity index (χ4v) is 8.13. The average Bonchev–Trinajstić information content (AvgIpc) is 3.59. The highest BCUT2D eigenvalue weighted by Gasteiger charge is 2.21. The van der Waals surface area contributed by atoms with Gasteiger partial charge in [-0.15, -0.1) is 0 Å². The van der Waals surface area contributed by atoms with Gasteiger partial charge >= 0.3 is 0 Å². The molecule has 1 heterocycles. The van der Waals surface area contributed by atoms with Crippen molar-refractivity contribution >= 4 is 55.7 Å². The molecule has 2 nitrogen and oxygen atoms in total. The lowest BCUT2D eigenvalue weighted by atomic mass is 9.93. The van der Waals surface area contributed by atoms with E-state index in [1.165, 1.54) is 71.6 Å². The highest BCUT2D eigenvalue weighted by atomic mass is 15.1. The fraction of sp³-hybridized carbons (Fsp3) is 0.0769. The van der Waals surface area contributed by atoms with E-state index in [0.717, 1.165) is 29.9 Å². The Morgan fingerprint density at radius 2 is 1.06 bits per heavy atom. The molecular formula is C52H42N2. The standard InChI is InChI=1S/C50H36N2.C2H6/c1-3-12-35(13-4-1)36-22-24-37(25-23-36)38-26-29-42(30-27-38)51(41-17-5-2-6-18-41)43-31-32-46-49(34-43)52(47-21-11-16-39-14-7-9-19-44(39)47)48-33-28-40-15-8-10-20-45(40)50(46)48;1-2/h1-7,9-14,16-34H,8,15H2;1-2H3. The number of para-hydroxylation sites is 1. The smallest absolute Gasteiger partial charge is 0.0562 e. The normalized spacial score (nSPS) is 12.0. The number of benzene rings is 8. The number of fused-ring (bicyclic) bond motifs is 6. The van der Waals surface area contributed by atoms with Crippen LogP contribution in [0.25, 0.3) is 66.6 Å². The second-order valence-electron chi connectivity index (χ2n) is 13.7. The van der Waals surface area contributed by atoms with Gasteiger partial charge in [0.25, 0.3) is 0 Å². The number of aryl methyl sites for hydroxylation is 1. The van der Waals surface area contributed by atoms with E-state index >= 15 is 0 Å². The molecule has 0 aliphatic heterocycles. The number of nitrogens with zero attached hydrogens (tertiary/aromatic N) is 2. The summed E-state index contributed by atoms with van der Waals surface area (Å²) < 4.78 is 2.49. The van der Waals surface area contributed by atoms with Crippen molar-refractivity contribution in [3.05, 3.63) is 199 Å². The first-order chi connectivity index (χ1) is 26.8. The van der Waals surface area contributed by atoms with E-state index in [9.17, 15) is 0 Å². The molecule has 1 aliphatic carbocycles. The van der Waals surface area contributed by atoms with Gasteiger partial charge in [0.15, 0.2) is 0 Å². The van der Waals surface area contributed by atoms with Crippen LogP contribution in [0.2, 0.25) is 0 Å². The molecule has 9 aromatic rings. The van der Waals surface area contributed by atoms with Crippen LogP contribution in [0.4, 0.5) is 17.1 Å². The van der Waals surface area contributed by atoms with Crippen molar-refractivity contribution in [2.75, 3.05) is 4.90 Å². The van der Waals surface area contributed by atoms with Gasteiger partial charge in [0.2, 0.25) is 0 Å². The van der Waals surface area contributed by atoms with E-state index in [1.54, 1.807) is 0 Å². The topological polar surface area (TPSA) is 8.17 Å². The van der Waals surface area contributed by atoms with Crippen LogP contribution in [0.15, 0.2) is 188 Å². The fourth-order valence-electron chi connectivity index (χ4n) is 8.13. The molecule has 0 N–H and O–H groups in total. The Hall–Kier alpha value is -6.64. The largest absolute Gasteiger partial charge is 0.310 e. The first-order valence-electron chi connectivity index (χ1n) is 19.2. The van der Waals surface area contributed by atoms with Crippen LogP contribution in [-0.2, 0) is 6.42 Å². The molecule has 0 saturated heterocycles. The molecule has 0 unspecified atom stereocenters. The molecule has 0 radical (unpaired) electrons. The number of aromatic nitrogens is 1. The van der Waals surface area contributed by atoms with Gasteiger partial charge < -0.3 is 9.47 Å². The van der Waals surface area contributed by atoms with Gasteiger partial charge in [-0.2, -0.15) is 0 Å². The maximum Gasteiger partial charge on any atom is 0.0562 e. The first-order valence-corrected chi connectivity index (χ1v) is 19.2. The maximum absolute atomic E-state index is 2.49. The monoisotopic (exact) mass is 694 g/mol. The average molecular weight is 695 g/mol.